The van der Waals surface area contributed by atoms with Crippen LogP contribution < -0.4 is 5.32 Å². The van der Waals surface area contributed by atoms with Crippen molar-refractivity contribution in [1.29, 1.82) is 0 Å². The van der Waals surface area contributed by atoms with Crippen molar-refractivity contribution < 1.29 is 23.4 Å². The second-order valence-electron chi connectivity index (χ2n) is 4.76. The summed E-state index contributed by atoms with van der Waals surface area (Å²) in [6.07, 6.45) is -4.46. The Morgan fingerprint density at radius 1 is 1.21 bits per heavy atom. The van der Waals surface area contributed by atoms with Gasteiger partial charge in [0.1, 0.15) is 5.84 Å². The van der Waals surface area contributed by atoms with Crippen molar-refractivity contribution >= 4 is 5.84 Å². The molecule has 2 unspecified atom stereocenters. The Labute approximate surface area is 107 Å². The first-order valence-electron chi connectivity index (χ1n) is 5.53. The topological polar surface area (TPSA) is 64.9 Å². The van der Waals surface area contributed by atoms with Gasteiger partial charge in [0, 0.05) is 5.56 Å². The lowest BCUT2D eigenvalue weighted by atomic mass is 10.1. The first-order chi connectivity index (χ1) is 8.53. The minimum Gasteiger partial charge on any atom is -0.367 e. The van der Waals surface area contributed by atoms with Crippen LogP contribution in [0.5, 0.6) is 0 Å². The SMILES string of the molecule is CC1(O)N=C(c2cccc(C(F)(F)F)c2)NC1(C)O. The maximum Gasteiger partial charge on any atom is 0.416 e. The van der Waals surface area contributed by atoms with Gasteiger partial charge in [0.25, 0.3) is 0 Å². The molecule has 7 heteroatoms. The lowest BCUT2D eigenvalue weighted by Crippen LogP contribution is -2.54. The minimum atomic E-state index is -4.46. The van der Waals surface area contributed by atoms with E-state index in [4.69, 9.17) is 0 Å². The average Bonchev–Trinajstić information content (AvgIpc) is 2.47. The van der Waals surface area contributed by atoms with Gasteiger partial charge in [-0.2, -0.15) is 13.2 Å². The average molecular weight is 274 g/mol. The third-order valence-electron chi connectivity index (χ3n) is 3.08. The Morgan fingerprint density at radius 3 is 2.32 bits per heavy atom. The summed E-state index contributed by atoms with van der Waals surface area (Å²) in [5.74, 6) is 0.0149. The Kier molecular flexibility index (Phi) is 2.87. The number of nitrogens with zero attached hydrogens (tertiary/aromatic N) is 1. The molecule has 4 nitrogen and oxygen atoms in total. The lowest BCUT2D eigenvalue weighted by molar-refractivity contribution is -0.137. The van der Waals surface area contributed by atoms with Gasteiger partial charge >= 0.3 is 6.18 Å². The number of aliphatic imine (C=N–C) groups is 1. The molecule has 0 saturated carbocycles. The van der Waals surface area contributed by atoms with Crippen molar-refractivity contribution in [2.45, 2.75) is 31.5 Å². The summed E-state index contributed by atoms with van der Waals surface area (Å²) in [5.41, 5.74) is -4.22. The van der Waals surface area contributed by atoms with Crippen molar-refractivity contribution in [2.75, 3.05) is 0 Å². The highest BCUT2D eigenvalue weighted by Crippen LogP contribution is 2.31. The summed E-state index contributed by atoms with van der Waals surface area (Å²) in [7, 11) is 0. The molecule has 1 heterocycles. The molecule has 0 fully saturated rings. The van der Waals surface area contributed by atoms with Crippen LogP contribution in [0.2, 0.25) is 0 Å². The van der Waals surface area contributed by atoms with Crippen LogP contribution in [0.25, 0.3) is 0 Å². The van der Waals surface area contributed by atoms with Crippen molar-refractivity contribution in [2.24, 2.45) is 4.99 Å². The summed E-state index contributed by atoms with van der Waals surface area (Å²) in [4.78, 5) is 3.81. The quantitative estimate of drug-likeness (QED) is 0.726. The predicted molar refractivity (Wildman–Crippen MR) is 62.4 cm³/mol. The molecule has 1 aromatic carbocycles. The van der Waals surface area contributed by atoms with Gasteiger partial charge < -0.3 is 15.5 Å². The Hall–Kier alpha value is -1.60. The van der Waals surface area contributed by atoms with Gasteiger partial charge in [-0.25, -0.2) is 4.99 Å². The van der Waals surface area contributed by atoms with Crippen LogP contribution in [-0.4, -0.2) is 27.5 Å². The second kappa shape index (κ2) is 3.94. The van der Waals surface area contributed by atoms with Crippen LogP contribution >= 0.6 is 0 Å². The van der Waals surface area contributed by atoms with Crippen LogP contribution in [0.3, 0.4) is 0 Å². The van der Waals surface area contributed by atoms with Gasteiger partial charge in [-0.05, 0) is 26.0 Å². The highest BCUT2D eigenvalue weighted by molar-refractivity contribution is 6.00. The molecule has 3 N–H and O–H groups in total. The summed E-state index contributed by atoms with van der Waals surface area (Å²) < 4.78 is 37.8. The van der Waals surface area contributed by atoms with E-state index in [1.807, 2.05) is 0 Å². The molecule has 1 aliphatic heterocycles. The molecule has 0 amide bonds. The molecule has 2 rings (SSSR count). The number of hydrogen-bond donors (Lipinski definition) is 3. The molecule has 0 spiro atoms. The number of rotatable bonds is 1. The molecule has 19 heavy (non-hydrogen) atoms. The zero-order valence-corrected chi connectivity index (χ0v) is 10.3. The second-order valence-corrected chi connectivity index (χ2v) is 4.76. The van der Waals surface area contributed by atoms with Crippen molar-refractivity contribution in [3.8, 4) is 0 Å². The Bertz CT molecular complexity index is 536. The predicted octanol–water partition coefficient (Wildman–Crippen LogP) is 1.47. The number of aliphatic hydroxyl groups is 2. The van der Waals surface area contributed by atoms with E-state index in [9.17, 15) is 23.4 Å². The standard InChI is InChI=1S/C12H13F3N2O2/c1-10(18)11(2,19)17-9(16-10)7-4-3-5-8(6-7)12(13,14)15/h3-6,18-19H,1-2H3,(H,16,17). The van der Waals surface area contributed by atoms with Gasteiger partial charge in [-0.15, -0.1) is 0 Å². The first kappa shape index (κ1) is 13.8. The van der Waals surface area contributed by atoms with Crippen molar-refractivity contribution in [3.05, 3.63) is 35.4 Å². The van der Waals surface area contributed by atoms with Gasteiger partial charge in [0.05, 0.1) is 5.56 Å². The van der Waals surface area contributed by atoms with Gasteiger partial charge in [-0.3, -0.25) is 0 Å². The maximum absolute atomic E-state index is 12.6. The molecular weight excluding hydrogens is 261 g/mol. The zero-order chi connectivity index (χ0) is 14.5. The van der Waals surface area contributed by atoms with Gasteiger partial charge in [-0.1, -0.05) is 12.1 Å². The molecule has 2 atom stereocenters. The van der Waals surface area contributed by atoms with Crippen LogP contribution in [0.1, 0.15) is 25.0 Å². The summed E-state index contributed by atoms with van der Waals surface area (Å²) >= 11 is 0. The number of amidine groups is 1. The van der Waals surface area contributed by atoms with Crippen LogP contribution in [0, 0.1) is 0 Å². The third kappa shape index (κ3) is 2.43. The smallest absolute Gasteiger partial charge is 0.367 e. The number of halogens is 3. The number of hydrogen-bond acceptors (Lipinski definition) is 4. The minimum absolute atomic E-state index is 0.0149. The van der Waals surface area contributed by atoms with Gasteiger partial charge in [0.15, 0.2) is 5.72 Å². The monoisotopic (exact) mass is 274 g/mol. The van der Waals surface area contributed by atoms with Crippen molar-refractivity contribution in [1.82, 2.24) is 5.32 Å². The van der Waals surface area contributed by atoms with E-state index in [1.165, 1.54) is 26.0 Å². The van der Waals surface area contributed by atoms with Crippen LogP contribution in [-0.2, 0) is 6.18 Å². The molecule has 104 valence electrons. The zero-order valence-electron chi connectivity index (χ0n) is 10.3. The molecule has 0 aliphatic carbocycles. The highest BCUT2D eigenvalue weighted by atomic mass is 19.4. The third-order valence-corrected chi connectivity index (χ3v) is 3.08. The highest BCUT2D eigenvalue weighted by Gasteiger charge is 2.48. The van der Waals surface area contributed by atoms with Crippen LogP contribution in [0.4, 0.5) is 13.2 Å². The Morgan fingerprint density at radius 2 is 1.84 bits per heavy atom. The van der Waals surface area contributed by atoms with Gasteiger partial charge in [0.2, 0.25) is 5.72 Å². The van der Waals surface area contributed by atoms with E-state index in [0.717, 1.165) is 12.1 Å². The summed E-state index contributed by atoms with van der Waals surface area (Å²) in [6.45, 7) is 2.55. The van der Waals surface area contributed by atoms with E-state index >= 15 is 0 Å². The summed E-state index contributed by atoms with van der Waals surface area (Å²) in [5, 5.41) is 22.2. The molecular formula is C12H13F3N2O2. The van der Waals surface area contributed by atoms with E-state index < -0.39 is 23.2 Å². The molecule has 1 aliphatic rings. The fourth-order valence-electron chi connectivity index (χ4n) is 1.68. The normalized spacial score (nSPS) is 31.0. The van der Waals surface area contributed by atoms with E-state index in [0.29, 0.717) is 0 Å². The maximum atomic E-state index is 12.6. The van der Waals surface area contributed by atoms with E-state index in [-0.39, 0.29) is 11.4 Å². The van der Waals surface area contributed by atoms with E-state index in [1.54, 1.807) is 0 Å². The molecule has 0 aromatic heterocycles. The van der Waals surface area contributed by atoms with Crippen molar-refractivity contribution in [3.63, 3.8) is 0 Å². The number of alkyl halides is 3. The van der Waals surface area contributed by atoms with E-state index in [2.05, 4.69) is 10.3 Å². The molecule has 0 bridgehead atoms. The molecule has 0 radical (unpaired) electrons. The first-order valence-corrected chi connectivity index (χ1v) is 5.53. The molecule has 0 saturated heterocycles. The fourth-order valence-corrected chi connectivity index (χ4v) is 1.68. The Balaban J connectivity index is 2.40. The largest absolute Gasteiger partial charge is 0.416 e. The fraction of sp³-hybridized carbons (Fsp3) is 0.417. The number of nitrogens with one attached hydrogen (secondary N) is 1. The summed E-state index contributed by atoms with van der Waals surface area (Å²) in [6, 6.07) is 4.50. The number of benzene rings is 1. The lowest BCUT2D eigenvalue weighted by Gasteiger charge is -2.29. The van der Waals surface area contributed by atoms with Crippen LogP contribution in [0.15, 0.2) is 29.3 Å². The molecule has 1 aromatic rings.